The fraction of sp³-hybridized carbons (Fsp3) is 0.182. The third kappa shape index (κ3) is 5.04. The van der Waals surface area contributed by atoms with Crippen LogP contribution in [0.4, 0.5) is 4.39 Å². The van der Waals surface area contributed by atoms with E-state index in [9.17, 15) is 18.8 Å². The highest BCUT2D eigenvalue weighted by molar-refractivity contribution is 9.10. The summed E-state index contributed by atoms with van der Waals surface area (Å²) in [5, 5.41) is 0. The number of hydrogen-bond acceptors (Lipinski definition) is 4. The number of ether oxygens (including phenoxy) is 1. The standard InChI is InChI=1S/C11H10BrFN2O4/c1-6(16)14-15-10(17)5-19-11(18)8-3-2-7(12)4-9(8)13/h2-4H,5H2,1H3,(H,14,16)(H,15,17). The van der Waals surface area contributed by atoms with Gasteiger partial charge in [-0.15, -0.1) is 0 Å². The highest BCUT2D eigenvalue weighted by Gasteiger charge is 2.15. The van der Waals surface area contributed by atoms with Gasteiger partial charge < -0.3 is 4.74 Å². The lowest BCUT2D eigenvalue weighted by Gasteiger charge is -2.07. The zero-order chi connectivity index (χ0) is 14.4. The van der Waals surface area contributed by atoms with Gasteiger partial charge in [-0.1, -0.05) is 15.9 Å². The van der Waals surface area contributed by atoms with E-state index in [0.29, 0.717) is 4.47 Å². The number of esters is 1. The summed E-state index contributed by atoms with van der Waals surface area (Å²) in [5.74, 6) is -2.94. The molecule has 1 aromatic rings. The molecular formula is C11H10BrFN2O4. The number of hydrogen-bond donors (Lipinski definition) is 2. The van der Waals surface area contributed by atoms with Crippen LogP contribution in [0.3, 0.4) is 0 Å². The molecule has 0 aromatic heterocycles. The molecule has 0 radical (unpaired) electrons. The van der Waals surface area contributed by atoms with E-state index in [0.717, 1.165) is 6.07 Å². The highest BCUT2D eigenvalue weighted by Crippen LogP contribution is 2.15. The quantitative estimate of drug-likeness (QED) is 0.636. The molecule has 1 aromatic carbocycles. The number of carbonyl (C=O) groups excluding carboxylic acids is 3. The molecule has 0 aliphatic heterocycles. The minimum Gasteiger partial charge on any atom is -0.452 e. The monoisotopic (exact) mass is 332 g/mol. The molecular weight excluding hydrogens is 323 g/mol. The van der Waals surface area contributed by atoms with E-state index in [2.05, 4.69) is 20.7 Å². The molecule has 0 saturated carbocycles. The number of rotatable bonds is 3. The number of hydrazine groups is 1. The van der Waals surface area contributed by atoms with Crippen molar-refractivity contribution in [1.29, 1.82) is 0 Å². The lowest BCUT2D eigenvalue weighted by Crippen LogP contribution is -2.42. The Balaban J connectivity index is 2.51. The maximum absolute atomic E-state index is 13.4. The maximum Gasteiger partial charge on any atom is 0.341 e. The molecule has 0 heterocycles. The first-order valence-corrected chi connectivity index (χ1v) is 5.87. The number of benzene rings is 1. The maximum atomic E-state index is 13.4. The zero-order valence-electron chi connectivity index (χ0n) is 9.83. The van der Waals surface area contributed by atoms with Gasteiger partial charge in [-0.2, -0.15) is 0 Å². The van der Waals surface area contributed by atoms with Crippen molar-refractivity contribution in [2.45, 2.75) is 6.92 Å². The van der Waals surface area contributed by atoms with E-state index >= 15 is 0 Å². The van der Waals surface area contributed by atoms with Crippen molar-refractivity contribution < 1.29 is 23.5 Å². The first-order chi connectivity index (χ1) is 8.90. The van der Waals surface area contributed by atoms with Gasteiger partial charge in [-0.05, 0) is 18.2 Å². The second kappa shape index (κ2) is 6.83. The van der Waals surface area contributed by atoms with Gasteiger partial charge in [0, 0.05) is 11.4 Å². The molecule has 0 unspecified atom stereocenters. The minimum atomic E-state index is -0.969. The Morgan fingerprint density at radius 3 is 2.58 bits per heavy atom. The van der Waals surface area contributed by atoms with Crippen LogP contribution >= 0.6 is 15.9 Å². The van der Waals surface area contributed by atoms with Gasteiger partial charge in [0.05, 0.1) is 5.56 Å². The van der Waals surface area contributed by atoms with Crippen LogP contribution < -0.4 is 10.9 Å². The summed E-state index contributed by atoms with van der Waals surface area (Å²) in [6.45, 7) is 0.568. The summed E-state index contributed by atoms with van der Waals surface area (Å²) in [5.41, 5.74) is 3.73. The molecule has 0 atom stereocenters. The smallest absolute Gasteiger partial charge is 0.341 e. The molecule has 2 N–H and O–H groups in total. The van der Waals surface area contributed by atoms with Gasteiger partial charge in [0.15, 0.2) is 6.61 Å². The molecule has 0 spiro atoms. The fourth-order valence-corrected chi connectivity index (χ4v) is 1.39. The van der Waals surface area contributed by atoms with Crippen molar-refractivity contribution in [2.75, 3.05) is 6.61 Å². The van der Waals surface area contributed by atoms with E-state index in [1.54, 1.807) is 0 Å². The van der Waals surface area contributed by atoms with Crippen LogP contribution in [0.1, 0.15) is 17.3 Å². The van der Waals surface area contributed by atoms with Crippen molar-refractivity contribution in [3.8, 4) is 0 Å². The predicted molar refractivity (Wildman–Crippen MR) is 66.3 cm³/mol. The molecule has 6 nitrogen and oxygen atoms in total. The van der Waals surface area contributed by atoms with Crippen LogP contribution in [0.25, 0.3) is 0 Å². The number of halogens is 2. The summed E-state index contributed by atoms with van der Waals surface area (Å²) in [6.07, 6.45) is 0. The van der Waals surface area contributed by atoms with Gasteiger partial charge in [0.1, 0.15) is 5.82 Å². The zero-order valence-corrected chi connectivity index (χ0v) is 11.4. The van der Waals surface area contributed by atoms with Gasteiger partial charge in [-0.3, -0.25) is 20.4 Å². The average molecular weight is 333 g/mol. The lowest BCUT2D eigenvalue weighted by atomic mass is 10.2. The molecule has 2 amide bonds. The van der Waals surface area contributed by atoms with Gasteiger partial charge in [-0.25, -0.2) is 9.18 Å². The molecule has 0 fully saturated rings. The summed E-state index contributed by atoms with van der Waals surface area (Å²) in [6, 6.07) is 3.80. The topological polar surface area (TPSA) is 84.5 Å². The molecule has 0 bridgehead atoms. The second-order valence-electron chi connectivity index (χ2n) is 3.43. The van der Waals surface area contributed by atoms with Crippen LogP contribution in [0, 0.1) is 5.82 Å². The average Bonchev–Trinajstić information content (AvgIpc) is 2.33. The highest BCUT2D eigenvalue weighted by atomic mass is 79.9. The van der Waals surface area contributed by atoms with Crippen molar-refractivity contribution in [3.63, 3.8) is 0 Å². The van der Waals surface area contributed by atoms with Crippen molar-refractivity contribution in [2.24, 2.45) is 0 Å². The summed E-state index contributed by atoms with van der Waals surface area (Å²) >= 11 is 3.05. The molecule has 0 aliphatic carbocycles. The lowest BCUT2D eigenvalue weighted by molar-refractivity contribution is -0.129. The third-order valence-corrected chi connectivity index (χ3v) is 2.36. The predicted octanol–water partition coefficient (Wildman–Crippen LogP) is 0.912. The Morgan fingerprint density at radius 1 is 1.32 bits per heavy atom. The normalized spacial score (nSPS) is 9.63. The molecule has 102 valence electrons. The van der Waals surface area contributed by atoms with Crippen LogP contribution in [-0.2, 0) is 14.3 Å². The summed E-state index contributed by atoms with van der Waals surface area (Å²) < 4.78 is 18.5. The van der Waals surface area contributed by atoms with Crippen LogP contribution in [0.15, 0.2) is 22.7 Å². The first-order valence-electron chi connectivity index (χ1n) is 5.07. The molecule has 19 heavy (non-hydrogen) atoms. The number of amides is 2. The van der Waals surface area contributed by atoms with Crippen molar-refractivity contribution >= 4 is 33.7 Å². The first kappa shape index (κ1) is 15.1. The van der Waals surface area contributed by atoms with E-state index in [1.807, 2.05) is 10.9 Å². The second-order valence-corrected chi connectivity index (χ2v) is 4.35. The Morgan fingerprint density at radius 2 is 2.00 bits per heavy atom. The van der Waals surface area contributed by atoms with Gasteiger partial charge in [0.2, 0.25) is 5.91 Å². The summed E-state index contributed by atoms with van der Waals surface area (Å²) in [7, 11) is 0. The van der Waals surface area contributed by atoms with Crippen molar-refractivity contribution in [1.82, 2.24) is 10.9 Å². The van der Waals surface area contributed by atoms with Gasteiger partial charge in [0.25, 0.3) is 5.91 Å². The SMILES string of the molecule is CC(=O)NNC(=O)COC(=O)c1ccc(Br)cc1F. The number of carbonyl (C=O) groups is 3. The van der Waals surface area contributed by atoms with E-state index in [1.165, 1.54) is 19.1 Å². The fourth-order valence-electron chi connectivity index (χ4n) is 1.06. The van der Waals surface area contributed by atoms with Crippen LogP contribution in [0.2, 0.25) is 0 Å². The largest absolute Gasteiger partial charge is 0.452 e. The molecule has 8 heteroatoms. The summed E-state index contributed by atoms with van der Waals surface area (Å²) in [4.78, 5) is 33.1. The van der Waals surface area contributed by atoms with Gasteiger partial charge >= 0.3 is 5.97 Å². The Hall–Kier alpha value is -1.96. The molecule has 0 saturated heterocycles. The Kier molecular flexibility index (Phi) is 5.43. The van der Waals surface area contributed by atoms with Crippen LogP contribution in [0.5, 0.6) is 0 Å². The molecule has 1 rings (SSSR count). The van der Waals surface area contributed by atoms with E-state index < -0.39 is 30.2 Å². The van der Waals surface area contributed by atoms with Crippen LogP contribution in [-0.4, -0.2) is 24.4 Å². The number of nitrogens with one attached hydrogen (secondary N) is 2. The van der Waals surface area contributed by atoms with E-state index in [-0.39, 0.29) is 5.56 Å². The Bertz CT molecular complexity index is 521. The van der Waals surface area contributed by atoms with Crippen molar-refractivity contribution in [3.05, 3.63) is 34.1 Å². The third-order valence-electron chi connectivity index (χ3n) is 1.86. The van der Waals surface area contributed by atoms with E-state index in [4.69, 9.17) is 0 Å². The Labute approximate surface area is 116 Å². The molecule has 0 aliphatic rings. The minimum absolute atomic E-state index is 0.282.